The summed E-state index contributed by atoms with van der Waals surface area (Å²) in [4.78, 5) is 39.5. The monoisotopic (exact) mass is 346 g/mol. The van der Waals surface area contributed by atoms with E-state index in [1.807, 2.05) is 31.2 Å². The average Bonchev–Trinajstić information content (AvgIpc) is 3.02. The van der Waals surface area contributed by atoms with Gasteiger partial charge >= 0.3 is 5.97 Å². The lowest BCUT2D eigenvalue weighted by Gasteiger charge is -2.32. The molecule has 0 bridgehead atoms. The Morgan fingerprint density at radius 1 is 1.28 bits per heavy atom. The molecule has 2 heterocycles. The van der Waals surface area contributed by atoms with Gasteiger partial charge in [-0.05, 0) is 18.1 Å². The van der Waals surface area contributed by atoms with Gasteiger partial charge in [0.05, 0.1) is 19.1 Å². The van der Waals surface area contributed by atoms with Crippen LogP contribution >= 0.6 is 0 Å². The molecule has 2 atom stereocenters. The third-order valence-corrected chi connectivity index (χ3v) is 4.79. The number of nitrogens with zero attached hydrogens (tertiary/aromatic N) is 2. The van der Waals surface area contributed by atoms with Crippen molar-refractivity contribution in [1.29, 1.82) is 0 Å². The molecule has 134 valence electrons. The van der Waals surface area contributed by atoms with Crippen LogP contribution < -0.4 is 4.90 Å². The van der Waals surface area contributed by atoms with E-state index in [-0.39, 0.29) is 31.4 Å². The van der Waals surface area contributed by atoms with Gasteiger partial charge in [0.2, 0.25) is 11.8 Å². The van der Waals surface area contributed by atoms with Crippen molar-refractivity contribution in [2.45, 2.75) is 25.9 Å². The van der Waals surface area contributed by atoms with Crippen LogP contribution in [0.25, 0.3) is 0 Å². The zero-order chi connectivity index (χ0) is 18.0. The smallest absolute Gasteiger partial charge is 0.334 e. The molecule has 0 unspecified atom stereocenters. The minimum atomic E-state index is -1.07. The van der Waals surface area contributed by atoms with Crippen molar-refractivity contribution in [2.24, 2.45) is 5.92 Å². The Morgan fingerprint density at radius 2 is 2.04 bits per heavy atom. The van der Waals surface area contributed by atoms with Crippen LogP contribution in [0, 0.1) is 5.92 Å². The van der Waals surface area contributed by atoms with Crippen molar-refractivity contribution in [1.82, 2.24) is 4.90 Å². The van der Waals surface area contributed by atoms with E-state index in [9.17, 15) is 14.4 Å². The number of carbonyl (C=O) groups excluding carboxylic acids is 2. The molecular formula is C18H22N2O5. The molecule has 2 saturated heterocycles. The number of hydrogen-bond donors (Lipinski definition) is 1. The topological polar surface area (TPSA) is 87.2 Å². The second-order valence-electron chi connectivity index (χ2n) is 6.37. The summed E-state index contributed by atoms with van der Waals surface area (Å²) < 4.78 is 5.15. The quantitative estimate of drug-likeness (QED) is 0.876. The normalized spacial score (nSPS) is 23.8. The first-order valence-corrected chi connectivity index (χ1v) is 8.52. The molecule has 2 fully saturated rings. The number of benzene rings is 1. The van der Waals surface area contributed by atoms with E-state index in [1.54, 1.807) is 4.90 Å². The number of amides is 2. The van der Waals surface area contributed by atoms with Crippen molar-refractivity contribution in [3.8, 4) is 0 Å². The van der Waals surface area contributed by atoms with Crippen molar-refractivity contribution in [3.05, 3.63) is 29.8 Å². The first kappa shape index (κ1) is 17.4. The summed E-state index contributed by atoms with van der Waals surface area (Å²) in [7, 11) is 0. The summed E-state index contributed by atoms with van der Waals surface area (Å²) in [6.45, 7) is 2.96. The van der Waals surface area contributed by atoms with Gasteiger partial charge in [-0.3, -0.25) is 9.59 Å². The number of rotatable bonds is 4. The van der Waals surface area contributed by atoms with Crippen LogP contribution in [-0.2, 0) is 25.5 Å². The Hall–Kier alpha value is -2.41. The van der Waals surface area contributed by atoms with E-state index in [1.165, 1.54) is 4.90 Å². The number of aliphatic carboxylic acids is 1. The Kier molecular flexibility index (Phi) is 5.03. The van der Waals surface area contributed by atoms with E-state index in [0.717, 1.165) is 17.7 Å². The van der Waals surface area contributed by atoms with Crippen LogP contribution in [-0.4, -0.2) is 60.1 Å². The molecule has 7 heteroatoms. The maximum atomic E-state index is 12.7. The van der Waals surface area contributed by atoms with Crippen molar-refractivity contribution in [3.63, 3.8) is 0 Å². The van der Waals surface area contributed by atoms with Crippen LogP contribution in [0.15, 0.2) is 24.3 Å². The van der Waals surface area contributed by atoms with E-state index in [2.05, 4.69) is 0 Å². The summed E-state index contributed by atoms with van der Waals surface area (Å²) in [6, 6.07) is 7.71. The highest BCUT2D eigenvalue weighted by Crippen LogP contribution is 2.29. The number of anilines is 1. The molecule has 0 aromatic heterocycles. The maximum absolute atomic E-state index is 12.7. The molecule has 0 radical (unpaired) electrons. The van der Waals surface area contributed by atoms with Gasteiger partial charge in [0.1, 0.15) is 0 Å². The van der Waals surface area contributed by atoms with E-state index >= 15 is 0 Å². The predicted molar refractivity (Wildman–Crippen MR) is 90.2 cm³/mol. The van der Waals surface area contributed by atoms with Crippen LogP contribution in [0.1, 0.15) is 18.9 Å². The fourth-order valence-corrected chi connectivity index (χ4v) is 3.44. The number of para-hydroxylation sites is 1. The summed E-state index contributed by atoms with van der Waals surface area (Å²) in [6.07, 6.45) is -0.0272. The molecule has 0 aliphatic carbocycles. The molecule has 3 rings (SSSR count). The lowest BCUT2D eigenvalue weighted by molar-refractivity contribution is -0.160. The molecule has 2 amide bonds. The molecular weight excluding hydrogens is 324 g/mol. The minimum absolute atomic E-state index is 0.0321. The SMILES string of the molecule is CCc1ccccc1N1C[C@@H](C(=O)N2CCO[C@H](C(=O)O)C2)CC1=O. The number of hydrogen-bond acceptors (Lipinski definition) is 4. The molecule has 1 N–H and O–H groups in total. The summed E-state index contributed by atoms with van der Waals surface area (Å²) in [5, 5.41) is 9.07. The van der Waals surface area contributed by atoms with Gasteiger partial charge in [0, 0.05) is 25.2 Å². The number of ether oxygens (including phenoxy) is 1. The molecule has 0 spiro atoms. The van der Waals surface area contributed by atoms with Crippen molar-refractivity contribution >= 4 is 23.5 Å². The number of carbonyl (C=O) groups is 3. The van der Waals surface area contributed by atoms with Crippen LogP contribution in [0.5, 0.6) is 0 Å². The highest BCUT2D eigenvalue weighted by Gasteiger charge is 2.39. The van der Waals surface area contributed by atoms with Gasteiger partial charge in [0.15, 0.2) is 6.10 Å². The van der Waals surface area contributed by atoms with Crippen LogP contribution in [0.3, 0.4) is 0 Å². The van der Waals surface area contributed by atoms with Gasteiger partial charge in [-0.25, -0.2) is 4.79 Å². The summed E-state index contributed by atoms with van der Waals surface area (Å²) >= 11 is 0. The zero-order valence-corrected chi connectivity index (χ0v) is 14.2. The first-order chi connectivity index (χ1) is 12.0. The van der Waals surface area contributed by atoms with Crippen LogP contribution in [0.4, 0.5) is 5.69 Å². The molecule has 25 heavy (non-hydrogen) atoms. The number of carboxylic acid groups (broad SMARTS) is 1. The molecule has 7 nitrogen and oxygen atoms in total. The number of aryl methyl sites for hydroxylation is 1. The van der Waals surface area contributed by atoms with E-state index in [0.29, 0.717) is 13.1 Å². The van der Waals surface area contributed by atoms with Gasteiger partial charge in [-0.15, -0.1) is 0 Å². The summed E-state index contributed by atoms with van der Waals surface area (Å²) in [5.41, 5.74) is 1.93. The molecule has 2 aliphatic heterocycles. The van der Waals surface area contributed by atoms with E-state index in [4.69, 9.17) is 9.84 Å². The third-order valence-electron chi connectivity index (χ3n) is 4.79. The molecule has 1 aromatic rings. The number of carboxylic acids is 1. The van der Waals surface area contributed by atoms with Crippen molar-refractivity contribution in [2.75, 3.05) is 31.1 Å². The lowest BCUT2D eigenvalue weighted by Crippen LogP contribution is -2.50. The fraction of sp³-hybridized carbons (Fsp3) is 0.500. The van der Waals surface area contributed by atoms with E-state index < -0.39 is 18.0 Å². The Labute approximate surface area is 146 Å². The average molecular weight is 346 g/mol. The lowest BCUT2D eigenvalue weighted by atomic mass is 10.1. The van der Waals surface area contributed by atoms with Gasteiger partial charge in [-0.1, -0.05) is 25.1 Å². The Morgan fingerprint density at radius 3 is 2.76 bits per heavy atom. The molecule has 0 saturated carbocycles. The third kappa shape index (κ3) is 3.51. The second kappa shape index (κ2) is 7.23. The van der Waals surface area contributed by atoms with Crippen LogP contribution in [0.2, 0.25) is 0 Å². The molecule has 1 aromatic carbocycles. The van der Waals surface area contributed by atoms with Gasteiger partial charge < -0.3 is 19.6 Å². The maximum Gasteiger partial charge on any atom is 0.334 e. The summed E-state index contributed by atoms with van der Waals surface area (Å²) in [5.74, 6) is -1.75. The van der Waals surface area contributed by atoms with Gasteiger partial charge in [0.25, 0.3) is 0 Å². The largest absolute Gasteiger partial charge is 0.479 e. The fourth-order valence-electron chi connectivity index (χ4n) is 3.44. The van der Waals surface area contributed by atoms with Gasteiger partial charge in [-0.2, -0.15) is 0 Å². The zero-order valence-electron chi connectivity index (χ0n) is 14.2. The predicted octanol–water partition coefficient (Wildman–Crippen LogP) is 0.914. The first-order valence-electron chi connectivity index (χ1n) is 8.52. The van der Waals surface area contributed by atoms with Crippen molar-refractivity contribution < 1.29 is 24.2 Å². The second-order valence-corrected chi connectivity index (χ2v) is 6.37. The minimum Gasteiger partial charge on any atom is -0.479 e. The standard InChI is InChI=1S/C18H22N2O5/c1-2-12-5-3-4-6-14(12)20-10-13(9-16(20)21)17(22)19-7-8-25-15(11-19)18(23)24/h3-6,13,15H,2,7-11H2,1H3,(H,23,24)/t13-,15-/m0/s1. The molecule has 2 aliphatic rings. The highest BCUT2D eigenvalue weighted by molar-refractivity contribution is 6.00. The Balaban J connectivity index is 1.71. The number of morpholine rings is 1. The highest BCUT2D eigenvalue weighted by atomic mass is 16.5. The Bertz CT molecular complexity index is 690.